The number of imidazole rings is 1. The van der Waals surface area contributed by atoms with Crippen molar-refractivity contribution in [3.05, 3.63) is 83.9 Å². The van der Waals surface area contributed by atoms with E-state index < -0.39 is 0 Å². The largest absolute Gasteiger partial charge is 0.357 e. The van der Waals surface area contributed by atoms with Gasteiger partial charge in [-0.2, -0.15) is 0 Å². The van der Waals surface area contributed by atoms with Crippen molar-refractivity contribution in [2.24, 2.45) is 4.99 Å². The Kier molecular flexibility index (Phi) is 6.04. The van der Waals surface area contributed by atoms with Crippen molar-refractivity contribution in [1.29, 1.82) is 0 Å². The van der Waals surface area contributed by atoms with Gasteiger partial charge in [0, 0.05) is 25.5 Å². The number of hydrogen-bond donors (Lipinski definition) is 2. The van der Waals surface area contributed by atoms with Crippen molar-refractivity contribution in [1.82, 2.24) is 20.2 Å². The number of nitrogens with one attached hydrogen (secondary N) is 2. The van der Waals surface area contributed by atoms with E-state index in [1.54, 1.807) is 6.20 Å². The van der Waals surface area contributed by atoms with Crippen molar-refractivity contribution < 1.29 is 0 Å². The van der Waals surface area contributed by atoms with E-state index in [9.17, 15) is 0 Å². The van der Waals surface area contributed by atoms with Gasteiger partial charge in [0.1, 0.15) is 0 Å². The van der Waals surface area contributed by atoms with Crippen LogP contribution in [0.5, 0.6) is 0 Å². The molecule has 5 nitrogen and oxygen atoms in total. The first kappa shape index (κ1) is 17.7. The number of benzene rings is 2. The maximum atomic E-state index is 4.71. The molecule has 0 fully saturated rings. The third kappa shape index (κ3) is 4.72. The number of rotatable bonds is 6. The van der Waals surface area contributed by atoms with Crippen LogP contribution >= 0.6 is 0 Å². The predicted molar refractivity (Wildman–Crippen MR) is 106 cm³/mol. The first-order chi connectivity index (χ1) is 12.8. The molecule has 0 unspecified atom stereocenters. The van der Waals surface area contributed by atoms with E-state index in [-0.39, 0.29) is 0 Å². The van der Waals surface area contributed by atoms with E-state index in [1.165, 1.54) is 16.7 Å². The van der Waals surface area contributed by atoms with Gasteiger partial charge in [0.15, 0.2) is 5.96 Å². The minimum absolute atomic E-state index is 0.653. The van der Waals surface area contributed by atoms with Gasteiger partial charge in [0.2, 0.25) is 0 Å². The van der Waals surface area contributed by atoms with Crippen molar-refractivity contribution >= 4 is 5.96 Å². The molecule has 0 radical (unpaired) electrons. The van der Waals surface area contributed by atoms with E-state index in [2.05, 4.69) is 65.9 Å². The molecule has 26 heavy (non-hydrogen) atoms. The van der Waals surface area contributed by atoms with Gasteiger partial charge in [0.05, 0.1) is 18.6 Å². The summed E-state index contributed by atoms with van der Waals surface area (Å²) in [4.78, 5) is 8.85. The van der Waals surface area contributed by atoms with E-state index >= 15 is 0 Å². The Hall–Kier alpha value is -3.08. The smallest absolute Gasteiger partial charge is 0.191 e. The molecule has 3 aromatic rings. The Labute approximate surface area is 154 Å². The molecule has 0 bridgehead atoms. The molecule has 0 aliphatic heterocycles. The minimum atomic E-state index is 0.653. The number of aromatic nitrogens is 2. The van der Waals surface area contributed by atoms with Gasteiger partial charge in [-0.05, 0) is 31.0 Å². The van der Waals surface area contributed by atoms with Crippen LogP contribution < -0.4 is 10.6 Å². The Morgan fingerprint density at radius 1 is 1.12 bits per heavy atom. The topological polar surface area (TPSA) is 54.2 Å². The lowest BCUT2D eigenvalue weighted by Gasteiger charge is -2.14. The van der Waals surface area contributed by atoms with Crippen LogP contribution in [-0.2, 0) is 13.1 Å². The number of nitrogens with zero attached hydrogens (tertiary/aromatic N) is 3. The zero-order valence-electron chi connectivity index (χ0n) is 15.3. The highest BCUT2D eigenvalue weighted by molar-refractivity contribution is 5.79. The lowest BCUT2D eigenvalue weighted by atomic mass is 10.1. The minimum Gasteiger partial charge on any atom is -0.357 e. The van der Waals surface area contributed by atoms with Crippen LogP contribution in [0.4, 0.5) is 0 Å². The summed E-state index contributed by atoms with van der Waals surface area (Å²) in [5.74, 6) is 0.814. The second-order valence-corrected chi connectivity index (χ2v) is 6.14. The van der Waals surface area contributed by atoms with Gasteiger partial charge in [-0.1, -0.05) is 48.0 Å². The molecule has 0 amide bonds. The SMILES string of the molecule is CCNC(=NCc1cccc(C)c1)NCc1ccccc1-n1ccnc1. The molecule has 134 valence electrons. The normalized spacial score (nSPS) is 11.4. The van der Waals surface area contributed by atoms with E-state index in [0.29, 0.717) is 13.1 Å². The molecule has 0 saturated carbocycles. The molecule has 1 heterocycles. The lowest BCUT2D eigenvalue weighted by molar-refractivity contribution is 0.810. The van der Waals surface area contributed by atoms with Crippen LogP contribution in [0.15, 0.2) is 72.2 Å². The molecular weight excluding hydrogens is 322 g/mol. The average Bonchev–Trinajstić information content (AvgIpc) is 3.19. The van der Waals surface area contributed by atoms with Crippen LogP contribution in [0.25, 0.3) is 5.69 Å². The number of aryl methyl sites for hydroxylation is 1. The standard InChI is InChI=1S/C21H25N5/c1-3-23-21(24-14-18-8-6-7-17(2)13-18)25-15-19-9-4-5-10-20(19)26-12-11-22-16-26/h4-13,16H,3,14-15H2,1-2H3,(H2,23,24,25). The summed E-state index contributed by atoms with van der Waals surface area (Å²) in [6.07, 6.45) is 5.56. The van der Waals surface area contributed by atoms with Crippen LogP contribution in [0.2, 0.25) is 0 Å². The Morgan fingerprint density at radius 3 is 2.77 bits per heavy atom. The van der Waals surface area contributed by atoms with Gasteiger partial charge in [-0.25, -0.2) is 9.98 Å². The highest BCUT2D eigenvalue weighted by Crippen LogP contribution is 2.13. The quantitative estimate of drug-likeness (QED) is 0.530. The molecule has 0 atom stereocenters. The third-order valence-electron chi connectivity index (χ3n) is 4.07. The maximum absolute atomic E-state index is 4.71. The number of para-hydroxylation sites is 1. The summed E-state index contributed by atoms with van der Waals surface area (Å²) in [6, 6.07) is 16.7. The highest BCUT2D eigenvalue weighted by atomic mass is 15.2. The number of guanidine groups is 1. The first-order valence-electron chi connectivity index (χ1n) is 8.90. The monoisotopic (exact) mass is 347 g/mol. The lowest BCUT2D eigenvalue weighted by Crippen LogP contribution is -2.37. The van der Waals surface area contributed by atoms with E-state index in [4.69, 9.17) is 4.99 Å². The molecule has 3 rings (SSSR count). The fourth-order valence-electron chi connectivity index (χ4n) is 2.82. The van der Waals surface area contributed by atoms with Gasteiger partial charge >= 0.3 is 0 Å². The second-order valence-electron chi connectivity index (χ2n) is 6.14. The summed E-state index contributed by atoms with van der Waals surface area (Å²) < 4.78 is 2.02. The fraction of sp³-hybridized carbons (Fsp3) is 0.238. The maximum Gasteiger partial charge on any atom is 0.191 e. The number of hydrogen-bond acceptors (Lipinski definition) is 2. The summed E-state index contributed by atoms with van der Waals surface area (Å²) >= 11 is 0. The van der Waals surface area contributed by atoms with Gasteiger partial charge in [0.25, 0.3) is 0 Å². The summed E-state index contributed by atoms with van der Waals surface area (Å²) in [5, 5.41) is 6.74. The van der Waals surface area contributed by atoms with Gasteiger partial charge in [-0.15, -0.1) is 0 Å². The summed E-state index contributed by atoms with van der Waals surface area (Å²) in [6.45, 7) is 6.34. The molecule has 2 aromatic carbocycles. The van der Waals surface area contributed by atoms with Crippen LogP contribution in [-0.4, -0.2) is 22.1 Å². The highest BCUT2D eigenvalue weighted by Gasteiger charge is 2.05. The Bertz CT molecular complexity index is 852. The van der Waals surface area contributed by atoms with Gasteiger partial charge < -0.3 is 15.2 Å². The van der Waals surface area contributed by atoms with Crippen molar-refractivity contribution in [2.45, 2.75) is 26.9 Å². The second kappa shape index (κ2) is 8.85. The summed E-state index contributed by atoms with van der Waals surface area (Å²) in [5.41, 5.74) is 4.77. The zero-order chi connectivity index (χ0) is 18.2. The van der Waals surface area contributed by atoms with Crippen LogP contribution in [0.3, 0.4) is 0 Å². The predicted octanol–water partition coefficient (Wildman–Crippen LogP) is 3.44. The van der Waals surface area contributed by atoms with Crippen LogP contribution in [0, 0.1) is 6.92 Å². The van der Waals surface area contributed by atoms with Crippen LogP contribution in [0.1, 0.15) is 23.6 Å². The Morgan fingerprint density at radius 2 is 2.00 bits per heavy atom. The molecular formula is C21H25N5. The molecule has 5 heteroatoms. The van der Waals surface area contributed by atoms with Gasteiger partial charge in [-0.3, -0.25) is 0 Å². The van der Waals surface area contributed by atoms with Crippen molar-refractivity contribution in [2.75, 3.05) is 6.54 Å². The molecule has 1 aromatic heterocycles. The molecule has 0 spiro atoms. The molecule has 0 aliphatic carbocycles. The molecule has 2 N–H and O–H groups in total. The van der Waals surface area contributed by atoms with Crippen molar-refractivity contribution in [3.8, 4) is 5.69 Å². The average molecular weight is 347 g/mol. The van der Waals surface area contributed by atoms with E-state index in [0.717, 1.165) is 18.2 Å². The fourth-order valence-corrected chi connectivity index (χ4v) is 2.82. The zero-order valence-corrected chi connectivity index (χ0v) is 15.3. The molecule has 0 saturated heterocycles. The third-order valence-corrected chi connectivity index (χ3v) is 4.07. The molecule has 0 aliphatic rings. The van der Waals surface area contributed by atoms with E-state index in [1.807, 2.05) is 29.2 Å². The van der Waals surface area contributed by atoms with Crippen molar-refractivity contribution in [3.63, 3.8) is 0 Å². The number of aliphatic imine (C=N–C) groups is 1. The Balaban J connectivity index is 1.70. The summed E-state index contributed by atoms with van der Waals surface area (Å²) in [7, 11) is 0. The first-order valence-corrected chi connectivity index (χ1v) is 8.90.